The number of aromatic hydroxyl groups is 1. The fourth-order valence-electron chi connectivity index (χ4n) is 6.92. The van der Waals surface area contributed by atoms with Gasteiger partial charge < -0.3 is 20.5 Å². The molecule has 2 unspecified atom stereocenters. The predicted octanol–water partition coefficient (Wildman–Crippen LogP) is 6.00. The van der Waals surface area contributed by atoms with Crippen molar-refractivity contribution in [1.29, 1.82) is 0 Å². The Kier molecular flexibility index (Phi) is 8.21. The smallest absolute Gasteiger partial charge is 0.261 e. The van der Waals surface area contributed by atoms with Crippen LogP contribution >= 0.6 is 0 Å². The van der Waals surface area contributed by atoms with Gasteiger partial charge in [-0.25, -0.2) is 9.37 Å². The highest BCUT2D eigenvalue weighted by Gasteiger charge is 2.50. The lowest BCUT2D eigenvalue weighted by molar-refractivity contribution is 0.0703. The summed E-state index contributed by atoms with van der Waals surface area (Å²) >= 11 is 0. The molecule has 1 saturated heterocycles. The molecule has 2 atom stereocenters. The Morgan fingerprint density at radius 2 is 1.72 bits per heavy atom. The van der Waals surface area contributed by atoms with Gasteiger partial charge in [0.1, 0.15) is 17.4 Å². The van der Waals surface area contributed by atoms with Gasteiger partial charge in [0.15, 0.2) is 5.72 Å². The molecule has 0 saturated carbocycles. The predicted molar refractivity (Wildman–Crippen MR) is 177 cm³/mol. The summed E-state index contributed by atoms with van der Waals surface area (Å²) in [4.78, 5) is 38.5. The van der Waals surface area contributed by atoms with E-state index < -0.39 is 11.5 Å². The van der Waals surface area contributed by atoms with Crippen LogP contribution in [0.25, 0.3) is 11.0 Å². The first-order valence-corrected chi connectivity index (χ1v) is 16.1. The van der Waals surface area contributed by atoms with Crippen LogP contribution in [0.4, 0.5) is 10.1 Å². The van der Waals surface area contributed by atoms with Crippen molar-refractivity contribution >= 4 is 28.5 Å². The van der Waals surface area contributed by atoms with Gasteiger partial charge in [0, 0.05) is 28.9 Å². The number of H-pyrrole nitrogens is 1. The quantitative estimate of drug-likeness (QED) is 0.148. The number of aromatic amines is 1. The number of anilines is 1. The zero-order chi connectivity index (χ0) is 32.5. The summed E-state index contributed by atoms with van der Waals surface area (Å²) in [5.41, 5.74) is 1.55. The lowest BCUT2D eigenvalue weighted by atomic mass is 9.93. The molecule has 4 N–H and O–H groups in total. The second kappa shape index (κ2) is 12.6. The van der Waals surface area contributed by atoms with Crippen LogP contribution < -0.4 is 10.2 Å². The Bertz CT molecular complexity index is 1940. The van der Waals surface area contributed by atoms with Crippen LogP contribution in [-0.2, 0) is 5.72 Å². The second-order valence-electron chi connectivity index (χ2n) is 12.2. The highest BCUT2D eigenvalue weighted by molar-refractivity contribution is 6.12. The lowest BCUT2D eigenvalue weighted by Crippen LogP contribution is -2.45. The first kappa shape index (κ1) is 30.6. The van der Waals surface area contributed by atoms with Gasteiger partial charge >= 0.3 is 0 Å². The zero-order valence-electron chi connectivity index (χ0n) is 25.8. The summed E-state index contributed by atoms with van der Waals surface area (Å²) in [6.45, 7) is 2.34. The average Bonchev–Trinajstić information content (AvgIpc) is 3.62. The van der Waals surface area contributed by atoms with Crippen LogP contribution in [0.3, 0.4) is 0 Å². The second-order valence-corrected chi connectivity index (χ2v) is 12.2. The number of rotatable bonds is 9. The van der Waals surface area contributed by atoms with Crippen molar-refractivity contribution in [3.63, 3.8) is 0 Å². The molecule has 2 aliphatic rings. The van der Waals surface area contributed by atoms with Crippen molar-refractivity contribution in [2.45, 2.75) is 43.9 Å². The highest BCUT2D eigenvalue weighted by atomic mass is 19.1. The highest BCUT2D eigenvalue weighted by Crippen LogP contribution is 2.45. The lowest BCUT2D eigenvalue weighted by Gasteiger charge is -2.35. The van der Waals surface area contributed by atoms with E-state index in [4.69, 9.17) is 4.98 Å². The van der Waals surface area contributed by atoms with E-state index in [0.29, 0.717) is 35.3 Å². The number of para-hydroxylation sites is 1. The number of piperidine rings is 1. The number of carbonyl (C=O) groups excluding carboxylic acids is 2. The number of hydrogen-bond donors (Lipinski definition) is 4. The molecule has 240 valence electrons. The summed E-state index contributed by atoms with van der Waals surface area (Å²) in [6, 6.07) is 24.4. The van der Waals surface area contributed by atoms with Crippen molar-refractivity contribution in [3.05, 3.63) is 125 Å². The summed E-state index contributed by atoms with van der Waals surface area (Å²) in [5, 5.41) is 25.4. The van der Waals surface area contributed by atoms with E-state index in [1.165, 1.54) is 41.7 Å². The third kappa shape index (κ3) is 5.64. The fraction of sp³-hybridized carbons (Fsp3) is 0.270. The van der Waals surface area contributed by atoms with E-state index in [1.807, 2.05) is 12.1 Å². The number of nitrogens with one attached hydrogen (secondary N) is 2. The molecule has 3 heterocycles. The Labute approximate surface area is 271 Å². The fourth-order valence-corrected chi connectivity index (χ4v) is 6.92. The molecule has 10 heteroatoms. The molecule has 2 amide bonds. The van der Waals surface area contributed by atoms with Gasteiger partial charge in [-0.1, -0.05) is 42.8 Å². The van der Waals surface area contributed by atoms with E-state index in [2.05, 4.69) is 15.2 Å². The Balaban J connectivity index is 1.18. The first-order chi connectivity index (χ1) is 22.8. The van der Waals surface area contributed by atoms with Gasteiger partial charge in [-0.15, -0.1) is 0 Å². The van der Waals surface area contributed by atoms with Crippen molar-refractivity contribution in [1.82, 2.24) is 20.2 Å². The minimum absolute atomic E-state index is 0.0132. The maximum absolute atomic E-state index is 13.8. The SMILES string of the molecule is O=C(NCCCC(c1nc2ccc(C3(O)c4ccccc4C(=O)N3c3ccc(F)cc3)cc2[nH]1)N1CCCCC1)c1ccccc1O. The van der Waals surface area contributed by atoms with E-state index in [1.54, 1.807) is 48.5 Å². The third-order valence-electron chi connectivity index (χ3n) is 9.28. The number of halogens is 1. The molecule has 4 aromatic carbocycles. The number of imidazole rings is 1. The van der Waals surface area contributed by atoms with Crippen molar-refractivity contribution in [2.24, 2.45) is 0 Å². The number of likely N-dealkylation sites (tertiary alicyclic amines) is 1. The zero-order valence-corrected chi connectivity index (χ0v) is 25.8. The number of amides is 2. The van der Waals surface area contributed by atoms with Gasteiger partial charge in [-0.3, -0.25) is 19.4 Å². The number of phenolic OH excluding ortho intramolecular Hbond substituents is 1. The van der Waals surface area contributed by atoms with Crippen LogP contribution in [0, 0.1) is 5.82 Å². The number of phenols is 1. The molecular formula is C37H36FN5O4. The van der Waals surface area contributed by atoms with E-state index in [0.717, 1.165) is 49.2 Å². The van der Waals surface area contributed by atoms with Crippen molar-refractivity contribution in [2.75, 3.05) is 24.5 Å². The minimum Gasteiger partial charge on any atom is -0.507 e. The molecule has 9 nitrogen and oxygen atoms in total. The number of aliphatic hydroxyl groups is 1. The maximum Gasteiger partial charge on any atom is 0.261 e. The monoisotopic (exact) mass is 633 g/mol. The molecule has 47 heavy (non-hydrogen) atoms. The van der Waals surface area contributed by atoms with Crippen molar-refractivity contribution < 1.29 is 24.2 Å². The van der Waals surface area contributed by atoms with Crippen LogP contribution in [0.15, 0.2) is 91.0 Å². The molecule has 2 aliphatic heterocycles. The summed E-state index contributed by atoms with van der Waals surface area (Å²) in [6.07, 6.45) is 4.84. The Morgan fingerprint density at radius 1 is 0.979 bits per heavy atom. The summed E-state index contributed by atoms with van der Waals surface area (Å²) in [5.74, 6) is -0.368. The largest absolute Gasteiger partial charge is 0.507 e. The molecule has 7 rings (SSSR count). The molecule has 1 fully saturated rings. The Morgan fingerprint density at radius 3 is 2.51 bits per heavy atom. The van der Waals surface area contributed by atoms with Gasteiger partial charge in [0.2, 0.25) is 0 Å². The molecule has 0 radical (unpaired) electrons. The standard InChI is InChI=1S/C37H36FN5O4/c38-25-15-17-26(18-16-25)43-36(46)27-9-2-4-11-29(27)37(43,47)24-14-19-30-31(23-24)41-34(40-30)32(42-21-6-1-7-22-42)12-8-20-39-35(45)28-10-3-5-13-33(28)44/h2-5,9-11,13-19,23,32,44,47H,1,6-8,12,20-22H2,(H,39,45)(H,40,41). The van der Waals surface area contributed by atoms with Gasteiger partial charge in [-0.2, -0.15) is 0 Å². The molecule has 0 spiro atoms. The number of benzene rings is 4. The maximum atomic E-state index is 13.8. The number of hydrogen-bond acceptors (Lipinski definition) is 6. The van der Waals surface area contributed by atoms with Crippen LogP contribution in [0.5, 0.6) is 5.75 Å². The van der Waals surface area contributed by atoms with E-state index in [-0.39, 0.29) is 29.2 Å². The van der Waals surface area contributed by atoms with Crippen LogP contribution in [0.1, 0.15) is 75.8 Å². The molecule has 0 bridgehead atoms. The number of nitrogens with zero attached hydrogens (tertiary/aromatic N) is 3. The van der Waals surface area contributed by atoms with Gasteiger partial charge in [-0.05, 0) is 93.4 Å². The number of aromatic nitrogens is 2. The minimum atomic E-state index is -1.83. The third-order valence-corrected chi connectivity index (χ3v) is 9.28. The molecule has 1 aromatic heterocycles. The van der Waals surface area contributed by atoms with Crippen LogP contribution in [-0.4, -0.2) is 56.5 Å². The average molecular weight is 634 g/mol. The normalized spacial score (nSPS) is 18.8. The van der Waals surface area contributed by atoms with Gasteiger partial charge in [0.25, 0.3) is 11.8 Å². The van der Waals surface area contributed by atoms with Gasteiger partial charge in [0.05, 0.1) is 22.6 Å². The van der Waals surface area contributed by atoms with E-state index in [9.17, 15) is 24.2 Å². The number of fused-ring (bicyclic) bond motifs is 2. The first-order valence-electron chi connectivity index (χ1n) is 16.1. The number of carbonyl (C=O) groups is 2. The van der Waals surface area contributed by atoms with Crippen LogP contribution in [0.2, 0.25) is 0 Å². The van der Waals surface area contributed by atoms with E-state index >= 15 is 0 Å². The molecular weight excluding hydrogens is 597 g/mol. The topological polar surface area (TPSA) is 122 Å². The molecule has 5 aromatic rings. The molecule has 0 aliphatic carbocycles. The Hall–Kier alpha value is -5.06. The van der Waals surface area contributed by atoms with Crippen molar-refractivity contribution in [3.8, 4) is 5.75 Å². The summed E-state index contributed by atoms with van der Waals surface area (Å²) < 4.78 is 13.8. The summed E-state index contributed by atoms with van der Waals surface area (Å²) in [7, 11) is 0.